The fraction of sp³-hybridized carbons (Fsp3) is 0.455. The first-order valence-electron chi connectivity index (χ1n) is 5.13. The lowest BCUT2D eigenvalue weighted by Gasteiger charge is -2.17. The lowest BCUT2D eigenvalue weighted by atomic mass is 10.2. The average molecular weight is 264 g/mol. The van der Waals surface area contributed by atoms with Crippen LogP contribution in [0.15, 0.2) is 35.2 Å². The second kappa shape index (κ2) is 5.10. The Morgan fingerprint density at radius 1 is 1.29 bits per heavy atom. The molecule has 0 saturated heterocycles. The Kier molecular flexibility index (Phi) is 4.21. The molecule has 3 nitrogen and oxygen atoms in total. The average Bonchev–Trinajstić information content (AvgIpc) is 2.27. The van der Waals surface area contributed by atoms with Crippen LogP contribution in [0.3, 0.4) is 0 Å². The van der Waals surface area contributed by atoms with E-state index in [-0.39, 0.29) is 6.42 Å². The van der Waals surface area contributed by atoms with Crippen molar-refractivity contribution in [2.45, 2.75) is 36.0 Å². The summed E-state index contributed by atoms with van der Waals surface area (Å²) in [6.45, 7) is 1.34. The van der Waals surface area contributed by atoms with Crippen molar-refractivity contribution in [1.82, 2.24) is 0 Å². The highest BCUT2D eigenvalue weighted by Gasteiger charge is 2.45. The van der Waals surface area contributed by atoms with E-state index >= 15 is 0 Å². The van der Waals surface area contributed by atoms with Crippen LogP contribution in [-0.4, -0.2) is 24.9 Å². The molecule has 96 valence electrons. The first-order valence-corrected chi connectivity index (χ1v) is 6.61. The topological polar surface area (TPSA) is 54.4 Å². The third-order valence-corrected chi connectivity index (χ3v) is 4.18. The molecular formula is C11H14F2O3S. The molecule has 17 heavy (non-hydrogen) atoms. The quantitative estimate of drug-likeness (QED) is 0.887. The maximum atomic E-state index is 13.5. The third-order valence-electron chi connectivity index (χ3n) is 2.30. The van der Waals surface area contributed by atoms with Gasteiger partial charge in [-0.3, -0.25) is 0 Å². The molecule has 1 unspecified atom stereocenters. The van der Waals surface area contributed by atoms with Crippen LogP contribution in [0.25, 0.3) is 0 Å². The van der Waals surface area contributed by atoms with Gasteiger partial charge in [-0.25, -0.2) is 8.42 Å². The Hall–Kier alpha value is -1.01. The molecule has 0 radical (unpaired) electrons. The standard InChI is InChI=1S/C11H14F2O3S/c1-9(14)7-8-11(12,13)17(15,16)10-5-3-2-4-6-10/h2-6,9,14H,7-8H2,1H3. The predicted octanol–water partition coefficient (Wildman–Crippen LogP) is 2.21. The Morgan fingerprint density at radius 3 is 2.29 bits per heavy atom. The normalized spacial score (nSPS) is 14.6. The van der Waals surface area contributed by atoms with E-state index in [4.69, 9.17) is 5.11 Å². The maximum absolute atomic E-state index is 13.5. The van der Waals surface area contributed by atoms with Crippen LogP contribution in [-0.2, 0) is 9.84 Å². The molecule has 0 bridgehead atoms. The van der Waals surface area contributed by atoms with Gasteiger partial charge in [0, 0.05) is 6.42 Å². The van der Waals surface area contributed by atoms with Crippen LogP contribution in [0.5, 0.6) is 0 Å². The Labute approximate surface area is 99.0 Å². The highest BCUT2D eigenvalue weighted by molar-refractivity contribution is 7.92. The minimum absolute atomic E-state index is 0.265. The summed E-state index contributed by atoms with van der Waals surface area (Å²) < 4.78 is 50.4. The van der Waals surface area contributed by atoms with Gasteiger partial charge < -0.3 is 5.11 Å². The zero-order valence-corrected chi connectivity index (χ0v) is 10.1. The summed E-state index contributed by atoms with van der Waals surface area (Å²) in [5.74, 6) is 0. The molecule has 0 amide bonds. The van der Waals surface area contributed by atoms with E-state index in [1.807, 2.05) is 0 Å². The lowest BCUT2D eigenvalue weighted by Crippen LogP contribution is -2.29. The number of alkyl halides is 2. The first-order chi connectivity index (χ1) is 7.77. The molecule has 0 heterocycles. The Morgan fingerprint density at radius 2 is 1.82 bits per heavy atom. The molecule has 6 heteroatoms. The van der Waals surface area contributed by atoms with Gasteiger partial charge in [0.15, 0.2) is 0 Å². The van der Waals surface area contributed by atoms with Crippen LogP contribution in [0.2, 0.25) is 0 Å². The van der Waals surface area contributed by atoms with Crippen LogP contribution in [0, 0.1) is 0 Å². The van der Waals surface area contributed by atoms with E-state index in [0.717, 1.165) is 12.1 Å². The van der Waals surface area contributed by atoms with E-state index in [9.17, 15) is 17.2 Å². The summed E-state index contributed by atoms with van der Waals surface area (Å²) in [6, 6.07) is 6.58. The zero-order valence-electron chi connectivity index (χ0n) is 9.31. The highest BCUT2D eigenvalue weighted by Crippen LogP contribution is 2.33. The van der Waals surface area contributed by atoms with Gasteiger partial charge in [-0.2, -0.15) is 8.78 Å². The molecule has 1 rings (SSSR count). The first kappa shape index (κ1) is 14.1. The number of hydrogen-bond acceptors (Lipinski definition) is 3. The molecule has 0 fully saturated rings. The summed E-state index contributed by atoms with van der Waals surface area (Å²) >= 11 is 0. The van der Waals surface area contributed by atoms with E-state index in [1.165, 1.54) is 19.1 Å². The SMILES string of the molecule is CC(O)CCC(F)(F)S(=O)(=O)c1ccccc1. The summed E-state index contributed by atoms with van der Waals surface area (Å²) in [7, 11) is -4.68. The summed E-state index contributed by atoms with van der Waals surface area (Å²) in [5, 5.41) is 5.07. The van der Waals surface area contributed by atoms with E-state index in [2.05, 4.69) is 0 Å². The summed E-state index contributed by atoms with van der Waals surface area (Å²) in [6.07, 6.45) is -2.10. The van der Waals surface area contributed by atoms with Gasteiger partial charge in [-0.1, -0.05) is 18.2 Å². The monoisotopic (exact) mass is 264 g/mol. The van der Waals surface area contributed by atoms with Crippen LogP contribution in [0.4, 0.5) is 8.78 Å². The minimum Gasteiger partial charge on any atom is -0.393 e. The molecule has 0 aliphatic carbocycles. The lowest BCUT2D eigenvalue weighted by molar-refractivity contribution is 0.0607. The van der Waals surface area contributed by atoms with E-state index in [1.54, 1.807) is 6.07 Å². The highest BCUT2D eigenvalue weighted by atomic mass is 32.2. The van der Waals surface area contributed by atoms with Crippen molar-refractivity contribution in [3.8, 4) is 0 Å². The van der Waals surface area contributed by atoms with Gasteiger partial charge in [-0.15, -0.1) is 0 Å². The fourth-order valence-corrected chi connectivity index (χ4v) is 2.53. The van der Waals surface area contributed by atoms with Crippen LogP contribution < -0.4 is 0 Å². The molecule has 1 aromatic rings. The van der Waals surface area contributed by atoms with Crippen molar-refractivity contribution >= 4 is 9.84 Å². The van der Waals surface area contributed by atoms with Crippen molar-refractivity contribution in [1.29, 1.82) is 0 Å². The third kappa shape index (κ3) is 3.23. The van der Waals surface area contributed by atoms with Crippen LogP contribution >= 0.6 is 0 Å². The van der Waals surface area contributed by atoms with Crippen molar-refractivity contribution in [3.63, 3.8) is 0 Å². The number of rotatable bonds is 5. The van der Waals surface area contributed by atoms with Gasteiger partial charge >= 0.3 is 5.25 Å². The molecule has 0 aliphatic heterocycles. The molecule has 0 saturated carbocycles. The number of sulfone groups is 1. The number of aliphatic hydroxyl groups is 1. The summed E-state index contributed by atoms with van der Waals surface area (Å²) in [5.41, 5.74) is 0. The summed E-state index contributed by atoms with van der Waals surface area (Å²) in [4.78, 5) is -0.407. The molecule has 1 aromatic carbocycles. The largest absolute Gasteiger partial charge is 0.393 e. The molecule has 1 atom stereocenters. The molecule has 1 N–H and O–H groups in total. The van der Waals surface area contributed by atoms with E-state index < -0.39 is 32.5 Å². The van der Waals surface area contributed by atoms with E-state index in [0.29, 0.717) is 0 Å². The fourth-order valence-electron chi connectivity index (χ4n) is 1.28. The second-order valence-corrected chi connectivity index (χ2v) is 5.92. The van der Waals surface area contributed by atoms with Gasteiger partial charge in [-0.05, 0) is 25.5 Å². The minimum atomic E-state index is -4.68. The van der Waals surface area contributed by atoms with Gasteiger partial charge in [0.1, 0.15) is 0 Å². The Balaban J connectivity index is 2.97. The number of hydrogen-bond donors (Lipinski definition) is 1. The maximum Gasteiger partial charge on any atom is 0.350 e. The molecule has 0 spiro atoms. The van der Waals surface area contributed by atoms with Gasteiger partial charge in [0.05, 0.1) is 11.0 Å². The molecule has 0 aromatic heterocycles. The van der Waals surface area contributed by atoms with Gasteiger partial charge in [0.2, 0.25) is 9.84 Å². The van der Waals surface area contributed by atoms with Crippen molar-refractivity contribution < 1.29 is 22.3 Å². The predicted molar refractivity (Wildman–Crippen MR) is 59.5 cm³/mol. The number of aliphatic hydroxyl groups excluding tert-OH is 1. The van der Waals surface area contributed by atoms with Crippen molar-refractivity contribution in [3.05, 3.63) is 30.3 Å². The zero-order chi connectivity index (χ0) is 13.1. The number of benzene rings is 1. The molecular weight excluding hydrogens is 250 g/mol. The van der Waals surface area contributed by atoms with Crippen molar-refractivity contribution in [2.24, 2.45) is 0 Å². The smallest absolute Gasteiger partial charge is 0.350 e. The molecule has 0 aliphatic rings. The second-order valence-electron chi connectivity index (χ2n) is 3.84. The van der Waals surface area contributed by atoms with Crippen molar-refractivity contribution in [2.75, 3.05) is 0 Å². The van der Waals surface area contributed by atoms with Gasteiger partial charge in [0.25, 0.3) is 0 Å². The number of halogens is 2. The Bertz CT molecular complexity index is 455. The van der Waals surface area contributed by atoms with Crippen LogP contribution in [0.1, 0.15) is 19.8 Å².